The molecule has 0 aliphatic rings. The highest BCUT2D eigenvalue weighted by molar-refractivity contribution is 7.99. The first-order valence-electron chi connectivity index (χ1n) is 9.82. The monoisotopic (exact) mass is 429 g/mol. The van der Waals surface area contributed by atoms with E-state index in [0.717, 1.165) is 33.4 Å². The Morgan fingerprint density at radius 1 is 1.10 bits per heavy atom. The van der Waals surface area contributed by atoms with E-state index in [4.69, 9.17) is 0 Å². The molecule has 30 heavy (non-hydrogen) atoms. The van der Waals surface area contributed by atoms with Crippen molar-refractivity contribution in [3.8, 4) is 0 Å². The number of thioether (sulfide) groups is 1. The maximum Gasteiger partial charge on any atom is 0.332 e. The third kappa shape index (κ3) is 3.94. The molecule has 2 heterocycles. The van der Waals surface area contributed by atoms with E-state index in [1.165, 1.54) is 23.4 Å². The number of aromatic nitrogens is 4. The molecule has 1 aromatic carbocycles. The molecule has 0 atom stereocenters. The van der Waals surface area contributed by atoms with Crippen LogP contribution in [0.2, 0.25) is 0 Å². The molecule has 0 spiro atoms. The van der Waals surface area contributed by atoms with Gasteiger partial charge in [0.05, 0.1) is 5.75 Å². The fraction of sp³-hybridized carbons (Fsp3) is 0.429. The second kappa shape index (κ2) is 8.51. The second-order valence-corrected chi connectivity index (χ2v) is 8.48. The summed E-state index contributed by atoms with van der Waals surface area (Å²) >= 11 is 1.26. The zero-order valence-electron chi connectivity index (χ0n) is 18.2. The number of nitrogens with zero attached hydrogens (tertiary/aromatic N) is 4. The van der Waals surface area contributed by atoms with Crippen LogP contribution in [-0.4, -0.2) is 30.3 Å². The Balaban J connectivity index is 1.91. The van der Waals surface area contributed by atoms with Crippen LogP contribution in [0.5, 0.6) is 0 Å². The van der Waals surface area contributed by atoms with Gasteiger partial charge in [-0.2, -0.15) is 0 Å². The van der Waals surface area contributed by atoms with E-state index in [1.807, 2.05) is 39.8 Å². The summed E-state index contributed by atoms with van der Waals surface area (Å²) < 4.78 is 4.25. The molecule has 1 amide bonds. The third-order valence-corrected chi connectivity index (χ3v) is 6.01. The van der Waals surface area contributed by atoms with Crippen molar-refractivity contribution in [2.24, 2.45) is 14.1 Å². The number of anilines is 1. The maximum atomic E-state index is 12.7. The summed E-state index contributed by atoms with van der Waals surface area (Å²) in [5.74, 6) is 0.000536. The molecule has 0 fully saturated rings. The molecule has 0 bridgehead atoms. The number of carbonyl (C=O) groups is 1. The van der Waals surface area contributed by atoms with Gasteiger partial charge in [0.15, 0.2) is 16.3 Å². The van der Waals surface area contributed by atoms with Crippen LogP contribution in [0.4, 0.5) is 5.69 Å². The Labute approximate surface area is 178 Å². The number of hydrogen-bond donors (Lipinski definition) is 1. The summed E-state index contributed by atoms with van der Waals surface area (Å²) in [7, 11) is 3.05. The summed E-state index contributed by atoms with van der Waals surface area (Å²) in [5, 5.41) is 3.54. The van der Waals surface area contributed by atoms with Crippen molar-refractivity contribution >= 4 is 34.5 Å². The molecule has 0 aliphatic heterocycles. The summed E-state index contributed by atoms with van der Waals surface area (Å²) in [4.78, 5) is 42.1. The van der Waals surface area contributed by atoms with Gasteiger partial charge in [0, 0.05) is 26.3 Å². The third-order valence-electron chi connectivity index (χ3n) is 5.03. The maximum absolute atomic E-state index is 12.7. The van der Waals surface area contributed by atoms with Gasteiger partial charge in [-0.25, -0.2) is 9.78 Å². The van der Waals surface area contributed by atoms with Gasteiger partial charge in [0.1, 0.15) is 0 Å². The summed E-state index contributed by atoms with van der Waals surface area (Å²) in [6.45, 7) is 8.54. The Hall–Kier alpha value is -2.81. The molecule has 0 radical (unpaired) electrons. The van der Waals surface area contributed by atoms with E-state index in [2.05, 4.69) is 10.3 Å². The van der Waals surface area contributed by atoms with Gasteiger partial charge >= 0.3 is 5.69 Å². The Morgan fingerprint density at radius 3 is 2.33 bits per heavy atom. The number of nitrogens with one attached hydrogen (secondary N) is 1. The lowest BCUT2D eigenvalue weighted by Crippen LogP contribution is -2.37. The highest BCUT2D eigenvalue weighted by Crippen LogP contribution is 2.24. The Morgan fingerprint density at radius 2 is 1.73 bits per heavy atom. The van der Waals surface area contributed by atoms with Crippen LogP contribution in [0, 0.1) is 20.8 Å². The van der Waals surface area contributed by atoms with Crippen molar-refractivity contribution in [1.29, 1.82) is 0 Å². The predicted molar refractivity (Wildman–Crippen MR) is 121 cm³/mol. The molecular weight excluding hydrogens is 402 g/mol. The van der Waals surface area contributed by atoms with Gasteiger partial charge in [0.2, 0.25) is 5.91 Å². The number of imidazole rings is 1. The first-order valence-corrected chi connectivity index (χ1v) is 10.8. The molecule has 0 unspecified atom stereocenters. The van der Waals surface area contributed by atoms with E-state index in [9.17, 15) is 14.4 Å². The molecule has 160 valence electrons. The number of carbonyl (C=O) groups excluding carboxylic acids is 1. The molecule has 9 heteroatoms. The first kappa shape index (κ1) is 21.9. The zero-order valence-corrected chi connectivity index (χ0v) is 19.0. The van der Waals surface area contributed by atoms with E-state index >= 15 is 0 Å². The topological polar surface area (TPSA) is 90.9 Å². The van der Waals surface area contributed by atoms with Gasteiger partial charge in [-0.05, 0) is 38.3 Å². The fourth-order valence-electron chi connectivity index (χ4n) is 3.65. The second-order valence-electron chi connectivity index (χ2n) is 7.53. The van der Waals surface area contributed by atoms with E-state index in [1.54, 1.807) is 11.6 Å². The molecule has 3 rings (SSSR count). The van der Waals surface area contributed by atoms with Crippen molar-refractivity contribution in [2.75, 3.05) is 11.1 Å². The van der Waals surface area contributed by atoms with Crippen LogP contribution in [0.25, 0.3) is 11.2 Å². The molecule has 0 saturated carbocycles. The van der Waals surface area contributed by atoms with Crippen molar-refractivity contribution in [1.82, 2.24) is 18.7 Å². The molecule has 2 aromatic heterocycles. The minimum absolute atomic E-state index is 0.146. The number of amides is 1. The highest BCUT2D eigenvalue weighted by Gasteiger charge is 2.20. The minimum atomic E-state index is -0.423. The van der Waals surface area contributed by atoms with Crippen LogP contribution in [-0.2, 0) is 25.4 Å². The smallest absolute Gasteiger partial charge is 0.325 e. The lowest BCUT2D eigenvalue weighted by molar-refractivity contribution is -0.113. The SMILES string of the molecule is CCCn1c(SCC(=O)Nc2c(C)cc(C)cc2C)nc2c1c(=O)n(C)c(=O)n2C. The normalized spacial score (nSPS) is 11.3. The van der Waals surface area contributed by atoms with Gasteiger partial charge < -0.3 is 9.88 Å². The molecular formula is C21H27N5O3S. The van der Waals surface area contributed by atoms with Crippen LogP contribution >= 0.6 is 11.8 Å². The lowest BCUT2D eigenvalue weighted by Gasteiger charge is -2.13. The van der Waals surface area contributed by atoms with Crippen LogP contribution < -0.4 is 16.6 Å². The van der Waals surface area contributed by atoms with Crippen molar-refractivity contribution in [3.05, 3.63) is 49.7 Å². The molecule has 0 aliphatic carbocycles. The van der Waals surface area contributed by atoms with Gasteiger partial charge in [-0.3, -0.25) is 18.7 Å². The van der Waals surface area contributed by atoms with Crippen LogP contribution in [0.3, 0.4) is 0 Å². The van der Waals surface area contributed by atoms with Gasteiger partial charge in [-0.15, -0.1) is 0 Å². The standard InChI is InChI=1S/C21H27N5O3S/c1-7-8-26-17-18(24(5)21(29)25(6)19(17)28)23-20(26)30-11-15(27)22-16-13(3)9-12(2)10-14(16)4/h9-10H,7-8,11H2,1-6H3,(H,22,27). The van der Waals surface area contributed by atoms with E-state index in [0.29, 0.717) is 22.9 Å². The number of benzene rings is 1. The van der Waals surface area contributed by atoms with Crippen molar-refractivity contribution in [3.63, 3.8) is 0 Å². The predicted octanol–water partition coefficient (Wildman–Crippen LogP) is 2.50. The zero-order chi connectivity index (χ0) is 22.2. The Kier molecular flexibility index (Phi) is 6.21. The quantitative estimate of drug-likeness (QED) is 0.608. The first-order chi connectivity index (χ1) is 14.1. The van der Waals surface area contributed by atoms with Gasteiger partial charge in [0.25, 0.3) is 5.56 Å². The molecule has 0 saturated heterocycles. The average molecular weight is 430 g/mol. The fourth-order valence-corrected chi connectivity index (χ4v) is 4.47. The van der Waals surface area contributed by atoms with Gasteiger partial charge in [-0.1, -0.05) is 36.4 Å². The lowest BCUT2D eigenvalue weighted by atomic mass is 10.1. The Bertz CT molecular complexity index is 1230. The highest BCUT2D eigenvalue weighted by atomic mass is 32.2. The summed E-state index contributed by atoms with van der Waals surface area (Å²) in [5.41, 5.74) is 3.93. The number of aryl methyl sites for hydroxylation is 5. The number of fused-ring (bicyclic) bond motifs is 1. The molecule has 3 aromatic rings. The molecule has 1 N–H and O–H groups in total. The van der Waals surface area contributed by atoms with Crippen molar-refractivity contribution < 1.29 is 4.79 Å². The largest absolute Gasteiger partial charge is 0.332 e. The number of hydrogen-bond acceptors (Lipinski definition) is 5. The van der Waals surface area contributed by atoms with Crippen LogP contribution in [0.1, 0.15) is 30.0 Å². The average Bonchev–Trinajstić information content (AvgIpc) is 3.04. The molecule has 8 nitrogen and oxygen atoms in total. The van der Waals surface area contributed by atoms with E-state index in [-0.39, 0.29) is 17.2 Å². The van der Waals surface area contributed by atoms with Crippen LogP contribution in [0.15, 0.2) is 26.9 Å². The van der Waals surface area contributed by atoms with E-state index < -0.39 is 5.69 Å². The van der Waals surface area contributed by atoms with Crippen molar-refractivity contribution in [2.45, 2.75) is 45.8 Å². The summed E-state index contributed by atoms with van der Waals surface area (Å²) in [6.07, 6.45) is 0.791. The summed E-state index contributed by atoms with van der Waals surface area (Å²) in [6, 6.07) is 4.07. The minimum Gasteiger partial charge on any atom is -0.325 e. The number of rotatable bonds is 6.